The number of phenolic OH excluding ortho intramolecular Hbond substituents is 1. The van der Waals surface area contributed by atoms with Gasteiger partial charge in [0.2, 0.25) is 0 Å². The van der Waals surface area contributed by atoms with Crippen LogP contribution in [-0.2, 0) is 4.79 Å². The van der Waals surface area contributed by atoms with Gasteiger partial charge < -0.3 is 20.3 Å². The fourth-order valence-electron chi connectivity index (χ4n) is 2.88. The zero-order valence-corrected chi connectivity index (χ0v) is 11.0. The van der Waals surface area contributed by atoms with Crippen molar-refractivity contribution in [3.8, 4) is 5.75 Å². The molecule has 1 aromatic carbocycles. The number of benzene rings is 1. The second kappa shape index (κ2) is 4.02. The molecule has 0 saturated carbocycles. The number of hydrogen-bond acceptors (Lipinski definition) is 4. The summed E-state index contributed by atoms with van der Waals surface area (Å²) in [6, 6.07) is 2.55. The molecule has 1 aromatic rings. The zero-order valence-electron chi connectivity index (χ0n) is 9.39. The zero-order chi connectivity index (χ0) is 12.9. The van der Waals surface area contributed by atoms with Crippen molar-refractivity contribution < 1.29 is 15.0 Å². The summed E-state index contributed by atoms with van der Waals surface area (Å²) >= 11 is 3.46. The minimum absolute atomic E-state index is 0.00521. The Bertz CT molecular complexity index is 555. The summed E-state index contributed by atoms with van der Waals surface area (Å²) in [6.45, 7) is 0. The predicted molar refractivity (Wildman–Crippen MR) is 68.2 cm³/mol. The van der Waals surface area contributed by atoms with Crippen LogP contribution in [0.3, 0.4) is 0 Å². The van der Waals surface area contributed by atoms with Crippen LogP contribution < -0.4 is 10.4 Å². The molecule has 2 aliphatic rings. The molecule has 5 heteroatoms. The van der Waals surface area contributed by atoms with Gasteiger partial charge in [-0.15, -0.1) is 0 Å². The molecular weight excluding hydrogens is 298 g/mol. The Morgan fingerprint density at radius 2 is 2.28 bits per heavy atom. The number of carbonyl (C=O) groups excluding carboxylic acids is 1. The third kappa shape index (κ3) is 1.54. The highest BCUT2D eigenvalue weighted by Gasteiger charge is 2.39. The van der Waals surface area contributed by atoms with E-state index in [4.69, 9.17) is 0 Å². The summed E-state index contributed by atoms with van der Waals surface area (Å²) in [5.74, 6) is -1.11. The summed E-state index contributed by atoms with van der Waals surface area (Å²) in [6.07, 6.45) is 4.70. The van der Waals surface area contributed by atoms with Crippen LogP contribution in [0, 0.1) is 5.92 Å². The van der Waals surface area contributed by atoms with Crippen LogP contribution in [0.15, 0.2) is 28.8 Å². The molecular formula is C13H11BrNO3-. The van der Waals surface area contributed by atoms with Crippen LogP contribution in [0.1, 0.15) is 17.9 Å². The van der Waals surface area contributed by atoms with E-state index in [-0.39, 0.29) is 17.6 Å². The molecule has 1 aliphatic carbocycles. The molecule has 0 saturated heterocycles. The van der Waals surface area contributed by atoms with Gasteiger partial charge in [-0.3, -0.25) is 0 Å². The summed E-state index contributed by atoms with van der Waals surface area (Å²) < 4.78 is 0.876. The van der Waals surface area contributed by atoms with Crippen LogP contribution in [0.25, 0.3) is 0 Å². The van der Waals surface area contributed by atoms with Crippen LogP contribution >= 0.6 is 15.9 Å². The van der Waals surface area contributed by atoms with Gasteiger partial charge in [-0.2, -0.15) is 0 Å². The van der Waals surface area contributed by atoms with E-state index in [1.807, 2.05) is 12.2 Å². The van der Waals surface area contributed by atoms with Crippen molar-refractivity contribution in [2.45, 2.75) is 18.4 Å². The van der Waals surface area contributed by atoms with Crippen LogP contribution in [0.5, 0.6) is 5.75 Å². The second-order valence-corrected chi connectivity index (χ2v) is 5.50. The lowest BCUT2D eigenvalue weighted by molar-refractivity contribution is -0.308. The van der Waals surface area contributed by atoms with E-state index < -0.39 is 12.0 Å². The molecule has 0 aromatic heterocycles. The molecule has 4 nitrogen and oxygen atoms in total. The highest BCUT2D eigenvalue weighted by atomic mass is 79.9. The SMILES string of the molecule is O=C([O-])[C@H]1Nc2c(O)ccc(Br)c2[C@H]2C=CC[C@@H]12. The second-order valence-electron chi connectivity index (χ2n) is 4.65. The summed E-state index contributed by atoms with van der Waals surface area (Å²) in [7, 11) is 0. The Balaban J connectivity index is 2.17. The van der Waals surface area contributed by atoms with Crippen molar-refractivity contribution in [2.75, 3.05) is 5.32 Å². The molecule has 0 amide bonds. The molecule has 0 radical (unpaired) electrons. The van der Waals surface area contributed by atoms with Gasteiger partial charge in [-0.05, 0) is 24.5 Å². The van der Waals surface area contributed by atoms with E-state index in [0.717, 1.165) is 10.0 Å². The first kappa shape index (κ1) is 11.6. The third-order valence-corrected chi connectivity index (χ3v) is 4.39. The molecule has 0 bridgehead atoms. The lowest BCUT2D eigenvalue weighted by Crippen LogP contribution is -2.48. The molecule has 1 aliphatic heterocycles. The van der Waals surface area contributed by atoms with Crippen molar-refractivity contribution in [3.05, 3.63) is 34.3 Å². The van der Waals surface area contributed by atoms with Gasteiger partial charge >= 0.3 is 0 Å². The van der Waals surface area contributed by atoms with E-state index in [1.165, 1.54) is 0 Å². The number of aliphatic carboxylic acids is 1. The highest BCUT2D eigenvalue weighted by molar-refractivity contribution is 9.10. The van der Waals surface area contributed by atoms with E-state index in [2.05, 4.69) is 21.2 Å². The first-order valence-corrected chi connectivity index (χ1v) is 6.54. The van der Waals surface area contributed by atoms with Gasteiger partial charge in [0, 0.05) is 16.0 Å². The smallest absolute Gasteiger partial charge is 0.139 e. The van der Waals surface area contributed by atoms with Gasteiger partial charge in [0.1, 0.15) is 5.75 Å². The summed E-state index contributed by atoms with van der Waals surface area (Å²) in [5, 5.41) is 24.0. The van der Waals surface area contributed by atoms with Crippen molar-refractivity contribution in [1.82, 2.24) is 0 Å². The Kier molecular flexibility index (Phi) is 2.59. The minimum Gasteiger partial charge on any atom is -0.548 e. The number of phenols is 1. The number of rotatable bonds is 1. The lowest BCUT2D eigenvalue weighted by atomic mass is 9.79. The largest absolute Gasteiger partial charge is 0.548 e. The van der Waals surface area contributed by atoms with Gasteiger partial charge in [-0.25, -0.2) is 0 Å². The Labute approximate surface area is 112 Å². The maximum atomic E-state index is 11.2. The van der Waals surface area contributed by atoms with Crippen molar-refractivity contribution >= 4 is 27.6 Å². The van der Waals surface area contributed by atoms with E-state index in [9.17, 15) is 15.0 Å². The van der Waals surface area contributed by atoms with E-state index in [1.54, 1.807) is 12.1 Å². The molecule has 1 heterocycles. The average Bonchev–Trinajstić information content (AvgIpc) is 2.81. The Morgan fingerprint density at radius 1 is 1.50 bits per heavy atom. The van der Waals surface area contributed by atoms with Crippen molar-refractivity contribution in [3.63, 3.8) is 0 Å². The maximum Gasteiger partial charge on any atom is 0.139 e. The lowest BCUT2D eigenvalue weighted by Gasteiger charge is -2.38. The normalized spacial score (nSPS) is 28.4. The fraction of sp³-hybridized carbons (Fsp3) is 0.308. The van der Waals surface area contributed by atoms with Crippen LogP contribution in [0.2, 0.25) is 0 Å². The predicted octanol–water partition coefficient (Wildman–Crippen LogP) is 1.36. The molecule has 0 unspecified atom stereocenters. The number of carboxylic acids is 1. The van der Waals surface area contributed by atoms with Gasteiger partial charge in [0.25, 0.3) is 0 Å². The maximum absolute atomic E-state index is 11.2. The van der Waals surface area contributed by atoms with Crippen LogP contribution in [-0.4, -0.2) is 17.1 Å². The van der Waals surface area contributed by atoms with Gasteiger partial charge in [0.15, 0.2) is 0 Å². The van der Waals surface area contributed by atoms with E-state index >= 15 is 0 Å². The molecule has 2 N–H and O–H groups in total. The summed E-state index contributed by atoms with van der Waals surface area (Å²) in [5.41, 5.74) is 1.41. The summed E-state index contributed by atoms with van der Waals surface area (Å²) in [4.78, 5) is 11.2. The number of carboxylic acid groups (broad SMARTS) is 1. The van der Waals surface area contributed by atoms with Crippen LogP contribution in [0.4, 0.5) is 5.69 Å². The molecule has 3 rings (SSSR count). The monoisotopic (exact) mass is 308 g/mol. The standard InChI is InChI=1S/C13H12BrNO3/c14-8-4-5-9(16)12-10(8)6-2-1-3-7(6)11(15-12)13(17)18/h1-2,4-7,11,15-16H,3H2,(H,17,18)/p-1/t6-,7+,11-/m0/s1. The first-order chi connectivity index (χ1) is 8.59. The average molecular weight is 309 g/mol. The minimum atomic E-state index is -1.13. The Hall–Kier alpha value is -1.49. The number of hydrogen-bond donors (Lipinski definition) is 2. The van der Waals surface area contributed by atoms with Crippen molar-refractivity contribution in [2.24, 2.45) is 5.92 Å². The number of aromatic hydroxyl groups is 1. The number of halogens is 1. The first-order valence-electron chi connectivity index (χ1n) is 5.75. The van der Waals surface area contributed by atoms with Gasteiger partial charge in [0.05, 0.1) is 17.7 Å². The van der Waals surface area contributed by atoms with E-state index in [0.29, 0.717) is 12.1 Å². The molecule has 94 valence electrons. The number of carbonyl (C=O) groups is 1. The van der Waals surface area contributed by atoms with Crippen molar-refractivity contribution in [1.29, 1.82) is 0 Å². The number of nitrogens with one attached hydrogen (secondary N) is 1. The fourth-order valence-corrected chi connectivity index (χ4v) is 3.48. The number of anilines is 1. The number of allylic oxidation sites excluding steroid dienone is 2. The topological polar surface area (TPSA) is 72.4 Å². The van der Waals surface area contributed by atoms with Gasteiger partial charge in [-0.1, -0.05) is 28.1 Å². The molecule has 3 atom stereocenters. The molecule has 18 heavy (non-hydrogen) atoms. The Morgan fingerprint density at radius 3 is 3.00 bits per heavy atom. The third-order valence-electron chi connectivity index (χ3n) is 3.70. The quantitative estimate of drug-likeness (QED) is 0.607. The molecule has 0 spiro atoms. The highest BCUT2D eigenvalue weighted by Crippen LogP contribution is 2.49. The number of fused-ring (bicyclic) bond motifs is 3. The molecule has 0 fully saturated rings.